The van der Waals surface area contributed by atoms with Crippen LogP contribution in [0.2, 0.25) is 0 Å². The summed E-state index contributed by atoms with van der Waals surface area (Å²) >= 11 is 0. The second-order valence-corrected chi connectivity index (χ2v) is 19.5. The van der Waals surface area contributed by atoms with Crippen LogP contribution in [0, 0.1) is 0 Å². The summed E-state index contributed by atoms with van der Waals surface area (Å²) in [5.41, 5.74) is 16.1. The molecule has 5 aromatic rings. The quantitative estimate of drug-likeness (QED) is 0.178. The molecule has 2 heteroatoms. The van der Waals surface area contributed by atoms with Gasteiger partial charge in [0.15, 0.2) is 0 Å². The molecule has 1 heterocycles. The molecular formula is C51H61NO. The van der Waals surface area contributed by atoms with Gasteiger partial charge in [0.1, 0.15) is 0 Å². The Morgan fingerprint density at radius 3 is 0.962 bits per heavy atom. The van der Waals surface area contributed by atoms with Crippen LogP contribution in [0.5, 0.6) is 0 Å². The van der Waals surface area contributed by atoms with Crippen LogP contribution in [0.3, 0.4) is 0 Å². The van der Waals surface area contributed by atoms with Crippen molar-refractivity contribution in [2.45, 2.75) is 124 Å². The Morgan fingerprint density at radius 2 is 0.679 bits per heavy atom. The van der Waals surface area contributed by atoms with Gasteiger partial charge in [0.2, 0.25) is 5.91 Å². The molecule has 0 unspecified atom stereocenters. The molecule has 0 aromatic heterocycles. The first kappa shape index (κ1) is 38.3. The second kappa shape index (κ2) is 14.1. The lowest BCUT2D eigenvalue weighted by Gasteiger charge is -2.28. The summed E-state index contributed by atoms with van der Waals surface area (Å²) in [6, 6.07) is 38.9. The number of anilines is 1. The maximum atomic E-state index is 13.2. The molecule has 1 aliphatic heterocycles. The van der Waals surface area contributed by atoms with Crippen LogP contribution >= 0.6 is 0 Å². The van der Waals surface area contributed by atoms with Gasteiger partial charge in [0.25, 0.3) is 0 Å². The van der Waals surface area contributed by atoms with Gasteiger partial charge < -0.3 is 4.90 Å². The first-order valence-corrected chi connectivity index (χ1v) is 19.7. The zero-order valence-electron chi connectivity index (χ0n) is 34.5. The molecule has 53 heavy (non-hydrogen) atoms. The number of hydrogen-bond acceptors (Lipinski definition) is 1. The third-order valence-electron chi connectivity index (χ3n) is 11.0. The number of hydrogen-bond donors (Lipinski definition) is 0. The molecule has 0 radical (unpaired) electrons. The molecule has 0 aliphatic carbocycles. The van der Waals surface area contributed by atoms with Crippen molar-refractivity contribution in [2.75, 3.05) is 11.4 Å². The van der Waals surface area contributed by atoms with Crippen LogP contribution < -0.4 is 4.90 Å². The van der Waals surface area contributed by atoms with Crippen molar-refractivity contribution in [2.24, 2.45) is 0 Å². The van der Waals surface area contributed by atoms with Crippen LogP contribution in [0.4, 0.5) is 5.69 Å². The van der Waals surface area contributed by atoms with Crippen LogP contribution in [0.15, 0.2) is 103 Å². The second-order valence-electron chi connectivity index (χ2n) is 19.5. The number of carbonyl (C=O) groups excluding carboxylic acids is 1. The highest BCUT2D eigenvalue weighted by Crippen LogP contribution is 2.39. The van der Waals surface area contributed by atoms with Gasteiger partial charge >= 0.3 is 0 Å². The normalized spacial score (nSPS) is 14.5. The molecule has 0 atom stereocenters. The van der Waals surface area contributed by atoms with Gasteiger partial charge in [-0.25, -0.2) is 0 Å². The number of rotatable bonds is 5. The lowest BCUT2D eigenvalue weighted by molar-refractivity contribution is -0.119. The van der Waals surface area contributed by atoms with E-state index in [4.69, 9.17) is 0 Å². The summed E-state index contributed by atoms with van der Waals surface area (Å²) in [6.45, 7) is 28.3. The minimum atomic E-state index is 0.0582. The summed E-state index contributed by atoms with van der Waals surface area (Å²) in [5.74, 6) is 0.215. The molecule has 0 spiro atoms. The number of piperidine rings is 1. The lowest BCUT2D eigenvalue weighted by Crippen LogP contribution is -2.35. The van der Waals surface area contributed by atoms with Crippen molar-refractivity contribution in [3.63, 3.8) is 0 Å². The lowest BCUT2D eigenvalue weighted by atomic mass is 9.79. The molecule has 6 rings (SSSR count). The fourth-order valence-corrected chi connectivity index (χ4v) is 7.21. The van der Waals surface area contributed by atoms with Gasteiger partial charge in [-0.3, -0.25) is 4.79 Å². The summed E-state index contributed by atoms with van der Waals surface area (Å²) in [7, 11) is 0. The highest BCUT2D eigenvalue weighted by Gasteiger charge is 2.24. The molecule has 0 saturated carbocycles. The Labute approximate surface area is 320 Å². The van der Waals surface area contributed by atoms with Crippen LogP contribution in [0.1, 0.15) is 125 Å². The van der Waals surface area contributed by atoms with Crippen molar-refractivity contribution in [1.82, 2.24) is 0 Å². The average Bonchev–Trinajstić information content (AvgIpc) is 3.10. The van der Waals surface area contributed by atoms with E-state index < -0.39 is 0 Å². The van der Waals surface area contributed by atoms with Crippen LogP contribution in [-0.4, -0.2) is 12.5 Å². The van der Waals surface area contributed by atoms with E-state index in [0.717, 1.165) is 47.3 Å². The molecule has 0 N–H and O–H groups in total. The van der Waals surface area contributed by atoms with E-state index in [9.17, 15) is 4.79 Å². The van der Waals surface area contributed by atoms with Crippen LogP contribution in [-0.2, 0) is 26.5 Å². The minimum Gasteiger partial charge on any atom is -0.312 e. The first-order valence-electron chi connectivity index (χ1n) is 19.7. The smallest absolute Gasteiger partial charge is 0.226 e. The van der Waals surface area contributed by atoms with E-state index in [1.165, 1.54) is 44.5 Å². The summed E-state index contributed by atoms with van der Waals surface area (Å²) < 4.78 is 0. The SMILES string of the molecule is CC(C)(C)c1cc(-c2ccc(-c3cc(-c4ccc(-c5cc(C(C)(C)C)cc(C(C)(C)C)c5)cc4)cc(N4CCCCC4=O)c3)cc2)cc(C(C)(C)C)c1. The molecule has 1 aliphatic rings. The predicted octanol–water partition coefficient (Wildman–Crippen LogP) is 14.1. The van der Waals surface area contributed by atoms with E-state index in [1.54, 1.807) is 0 Å². The Balaban J connectivity index is 1.40. The van der Waals surface area contributed by atoms with E-state index in [0.29, 0.717) is 6.42 Å². The van der Waals surface area contributed by atoms with Gasteiger partial charge in [0.05, 0.1) is 0 Å². The van der Waals surface area contributed by atoms with Crippen molar-refractivity contribution >= 4 is 11.6 Å². The minimum absolute atomic E-state index is 0.0582. The molecule has 1 saturated heterocycles. The van der Waals surface area contributed by atoms with Gasteiger partial charge in [-0.1, -0.05) is 168 Å². The monoisotopic (exact) mass is 703 g/mol. The molecular weight excluding hydrogens is 643 g/mol. The molecule has 1 amide bonds. The van der Waals surface area contributed by atoms with Gasteiger partial charge in [-0.15, -0.1) is 0 Å². The maximum absolute atomic E-state index is 13.2. The Kier molecular flexibility index (Phi) is 10.2. The maximum Gasteiger partial charge on any atom is 0.226 e. The van der Waals surface area contributed by atoms with E-state index >= 15 is 0 Å². The topological polar surface area (TPSA) is 20.3 Å². The molecule has 2 nitrogen and oxygen atoms in total. The number of nitrogens with zero attached hydrogens (tertiary/aromatic N) is 1. The van der Waals surface area contributed by atoms with E-state index in [1.807, 2.05) is 4.90 Å². The highest BCUT2D eigenvalue weighted by atomic mass is 16.2. The molecule has 0 bridgehead atoms. The highest BCUT2D eigenvalue weighted by molar-refractivity contribution is 5.96. The molecule has 5 aromatic carbocycles. The van der Waals surface area contributed by atoms with Gasteiger partial charge in [0, 0.05) is 18.7 Å². The summed E-state index contributed by atoms with van der Waals surface area (Å²) in [6.07, 6.45) is 2.60. The van der Waals surface area contributed by atoms with Crippen molar-refractivity contribution < 1.29 is 4.79 Å². The molecule has 276 valence electrons. The fraction of sp³-hybridized carbons (Fsp3) is 0.392. The Bertz CT molecular complexity index is 1900. The van der Waals surface area contributed by atoms with E-state index in [-0.39, 0.29) is 27.6 Å². The average molecular weight is 704 g/mol. The Hall–Kier alpha value is -4.43. The van der Waals surface area contributed by atoms with Crippen molar-refractivity contribution in [3.8, 4) is 44.5 Å². The zero-order chi connectivity index (χ0) is 38.5. The van der Waals surface area contributed by atoms with E-state index in [2.05, 4.69) is 186 Å². The van der Waals surface area contributed by atoms with Gasteiger partial charge in [-0.05, 0) is 119 Å². The third-order valence-corrected chi connectivity index (χ3v) is 11.0. The van der Waals surface area contributed by atoms with Gasteiger partial charge in [-0.2, -0.15) is 0 Å². The zero-order valence-corrected chi connectivity index (χ0v) is 34.5. The number of amides is 1. The fourth-order valence-electron chi connectivity index (χ4n) is 7.21. The number of benzene rings is 5. The largest absolute Gasteiger partial charge is 0.312 e. The summed E-state index contributed by atoms with van der Waals surface area (Å²) in [4.78, 5) is 15.2. The van der Waals surface area contributed by atoms with Crippen molar-refractivity contribution in [3.05, 3.63) is 125 Å². The number of carbonyl (C=O) groups is 1. The standard InChI is InChI=1S/C51H61NO/c1-48(2,3)42-26-40(27-43(32-42)49(4,5)6)36-20-16-34(17-21-36)38-25-39(31-46(30-38)52-24-14-13-15-47(52)53)35-18-22-37(23-19-35)41-28-44(50(7,8)9)33-45(29-41)51(10,11)12/h16-23,25-33H,13-15,24H2,1-12H3. The van der Waals surface area contributed by atoms with Crippen LogP contribution in [0.25, 0.3) is 44.5 Å². The third kappa shape index (κ3) is 8.70. The molecule has 1 fully saturated rings. The first-order chi connectivity index (χ1) is 24.7. The predicted molar refractivity (Wildman–Crippen MR) is 229 cm³/mol. The van der Waals surface area contributed by atoms with Crippen molar-refractivity contribution in [1.29, 1.82) is 0 Å². The Morgan fingerprint density at radius 1 is 0.377 bits per heavy atom. The summed E-state index contributed by atoms with van der Waals surface area (Å²) in [5, 5.41) is 0.